The fourth-order valence-electron chi connectivity index (χ4n) is 3.31. The highest BCUT2D eigenvalue weighted by Crippen LogP contribution is 2.26. The number of benzene rings is 3. The van der Waals surface area contributed by atoms with Gasteiger partial charge < -0.3 is 10.5 Å². The van der Waals surface area contributed by atoms with Crippen molar-refractivity contribution in [2.45, 2.75) is 12.5 Å². The summed E-state index contributed by atoms with van der Waals surface area (Å²) in [5.74, 6) is -1.48. The molecule has 8 heteroatoms. The lowest BCUT2D eigenvalue weighted by Crippen LogP contribution is -2.39. The van der Waals surface area contributed by atoms with Crippen LogP contribution in [0, 0.1) is 17.1 Å². The minimum atomic E-state index is -0.873. The molecule has 1 unspecified atom stereocenters. The average molecular weight is 428 g/mol. The van der Waals surface area contributed by atoms with Crippen LogP contribution in [0.1, 0.15) is 12.0 Å². The van der Waals surface area contributed by atoms with Gasteiger partial charge in [0.15, 0.2) is 0 Å². The Labute approximate surface area is 183 Å². The third kappa shape index (κ3) is 4.32. The molecule has 1 aliphatic heterocycles. The zero-order valence-electron chi connectivity index (χ0n) is 16.7. The molecule has 0 spiro atoms. The van der Waals surface area contributed by atoms with Crippen LogP contribution in [-0.4, -0.2) is 23.6 Å². The number of carbonyl (C=O) groups excluding carboxylic acids is 2. The summed E-state index contributed by atoms with van der Waals surface area (Å²) in [5, 5.41) is 14.4. The fraction of sp³-hybridized carbons (Fsp3) is 0.0833. The Morgan fingerprint density at radius 1 is 1.00 bits per heavy atom. The summed E-state index contributed by atoms with van der Waals surface area (Å²) in [6.07, 6.45) is -0.0190. The van der Waals surface area contributed by atoms with Crippen molar-refractivity contribution in [2.75, 3.05) is 5.01 Å². The maximum absolute atomic E-state index is 13.2. The van der Waals surface area contributed by atoms with E-state index in [4.69, 9.17) is 15.7 Å². The molecule has 1 aliphatic rings. The van der Waals surface area contributed by atoms with Crippen LogP contribution in [0.2, 0.25) is 0 Å². The molecule has 0 fully saturated rings. The van der Waals surface area contributed by atoms with Crippen LogP contribution in [0.3, 0.4) is 0 Å². The van der Waals surface area contributed by atoms with Crippen LogP contribution in [0.4, 0.5) is 10.1 Å². The standard InChI is InChI=1S/C24H17FN4O3/c25-18-7-9-19(10-8-18)29-22(23(27)30)13-21(28-29)24(31)32-20-11-5-17(6-12-20)16-3-1-15(14-26)2-4-16/h1-12,22H,13H2,(H2,27,30). The molecule has 2 N–H and O–H groups in total. The maximum atomic E-state index is 13.2. The van der Waals surface area contributed by atoms with E-state index in [1.807, 2.05) is 12.1 Å². The van der Waals surface area contributed by atoms with Crippen LogP contribution in [0.15, 0.2) is 77.9 Å². The van der Waals surface area contributed by atoms with E-state index in [0.29, 0.717) is 17.0 Å². The zero-order valence-corrected chi connectivity index (χ0v) is 16.7. The van der Waals surface area contributed by atoms with Gasteiger partial charge in [-0.15, -0.1) is 0 Å². The number of nitriles is 1. The van der Waals surface area contributed by atoms with Crippen molar-refractivity contribution in [2.24, 2.45) is 10.8 Å². The van der Waals surface area contributed by atoms with Gasteiger partial charge in [0.1, 0.15) is 23.3 Å². The molecule has 7 nitrogen and oxygen atoms in total. The number of anilines is 1. The molecule has 0 aromatic heterocycles. The molecule has 1 atom stereocenters. The van der Waals surface area contributed by atoms with E-state index < -0.39 is 23.7 Å². The van der Waals surface area contributed by atoms with E-state index in [9.17, 15) is 14.0 Å². The number of hydrogen-bond donors (Lipinski definition) is 1. The zero-order chi connectivity index (χ0) is 22.7. The number of rotatable bonds is 5. The second kappa shape index (κ2) is 8.70. The molecule has 0 radical (unpaired) electrons. The molecule has 0 saturated carbocycles. The minimum absolute atomic E-state index is 0.0190. The van der Waals surface area contributed by atoms with Crippen LogP contribution in [0.5, 0.6) is 5.75 Å². The third-order valence-electron chi connectivity index (χ3n) is 4.98. The summed E-state index contributed by atoms with van der Waals surface area (Å²) in [7, 11) is 0. The quantitative estimate of drug-likeness (QED) is 0.495. The van der Waals surface area contributed by atoms with Crippen molar-refractivity contribution < 1.29 is 18.7 Å². The van der Waals surface area contributed by atoms with E-state index in [1.54, 1.807) is 36.4 Å². The van der Waals surface area contributed by atoms with Crippen LogP contribution in [-0.2, 0) is 9.59 Å². The van der Waals surface area contributed by atoms with Crippen molar-refractivity contribution in [3.63, 3.8) is 0 Å². The summed E-state index contributed by atoms with van der Waals surface area (Å²) >= 11 is 0. The fourth-order valence-corrected chi connectivity index (χ4v) is 3.31. The number of nitrogens with two attached hydrogens (primary N) is 1. The van der Waals surface area contributed by atoms with Crippen molar-refractivity contribution >= 4 is 23.3 Å². The predicted molar refractivity (Wildman–Crippen MR) is 116 cm³/mol. The first kappa shape index (κ1) is 20.8. The largest absolute Gasteiger partial charge is 0.422 e. The Bertz CT molecular complexity index is 1230. The highest BCUT2D eigenvalue weighted by Gasteiger charge is 2.35. The van der Waals surface area contributed by atoms with E-state index in [1.165, 1.54) is 29.3 Å². The number of hydrazone groups is 1. The van der Waals surface area contributed by atoms with Gasteiger partial charge >= 0.3 is 5.97 Å². The maximum Gasteiger partial charge on any atom is 0.359 e. The summed E-state index contributed by atoms with van der Waals surface area (Å²) in [6, 6.07) is 20.5. The molecule has 4 rings (SSSR count). The molecule has 32 heavy (non-hydrogen) atoms. The van der Waals surface area contributed by atoms with Crippen molar-refractivity contribution in [3.05, 3.63) is 84.2 Å². The molecule has 3 aromatic carbocycles. The van der Waals surface area contributed by atoms with Gasteiger partial charge in [-0.3, -0.25) is 9.80 Å². The number of carbonyl (C=O) groups is 2. The number of primary amides is 1. The number of ether oxygens (including phenoxy) is 1. The molecule has 1 heterocycles. The lowest BCUT2D eigenvalue weighted by atomic mass is 10.0. The highest BCUT2D eigenvalue weighted by atomic mass is 19.1. The van der Waals surface area contributed by atoms with E-state index in [0.717, 1.165) is 11.1 Å². The van der Waals surface area contributed by atoms with Gasteiger partial charge in [0.2, 0.25) is 5.91 Å². The topological polar surface area (TPSA) is 109 Å². The third-order valence-corrected chi connectivity index (χ3v) is 4.98. The highest BCUT2D eigenvalue weighted by molar-refractivity contribution is 6.38. The molecular weight excluding hydrogens is 411 g/mol. The van der Waals surface area contributed by atoms with Crippen LogP contribution >= 0.6 is 0 Å². The minimum Gasteiger partial charge on any atom is -0.422 e. The lowest BCUT2D eigenvalue weighted by Gasteiger charge is -2.20. The summed E-state index contributed by atoms with van der Waals surface area (Å²) in [5.41, 5.74) is 8.31. The number of amides is 1. The van der Waals surface area contributed by atoms with Crippen LogP contribution in [0.25, 0.3) is 11.1 Å². The van der Waals surface area contributed by atoms with E-state index >= 15 is 0 Å². The van der Waals surface area contributed by atoms with Gasteiger partial charge in [0.25, 0.3) is 0 Å². The SMILES string of the molecule is N#Cc1ccc(-c2ccc(OC(=O)C3=NN(c4ccc(F)cc4)C(C(N)=O)C3)cc2)cc1. The Morgan fingerprint density at radius 2 is 1.59 bits per heavy atom. The summed E-state index contributed by atoms with van der Waals surface area (Å²) in [4.78, 5) is 24.5. The summed E-state index contributed by atoms with van der Waals surface area (Å²) in [6.45, 7) is 0. The Hall–Kier alpha value is -4.51. The molecule has 1 amide bonds. The van der Waals surface area contributed by atoms with Gasteiger partial charge in [-0.25, -0.2) is 9.18 Å². The number of esters is 1. The van der Waals surface area contributed by atoms with Gasteiger partial charge in [-0.2, -0.15) is 10.4 Å². The van der Waals surface area contributed by atoms with Gasteiger partial charge in [-0.05, 0) is 59.7 Å². The van der Waals surface area contributed by atoms with Crippen molar-refractivity contribution in [1.29, 1.82) is 5.26 Å². The van der Waals surface area contributed by atoms with Gasteiger partial charge in [-0.1, -0.05) is 24.3 Å². The van der Waals surface area contributed by atoms with E-state index in [-0.39, 0.29) is 12.1 Å². The van der Waals surface area contributed by atoms with Gasteiger partial charge in [0.05, 0.1) is 17.3 Å². The number of hydrogen-bond acceptors (Lipinski definition) is 6. The lowest BCUT2D eigenvalue weighted by molar-refractivity contribution is -0.127. The Morgan fingerprint density at radius 3 is 2.16 bits per heavy atom. The molecule has 158 valence electrons. The predicted octanol–water partition coefficient (Wildman–Crippen LogP) is 3.39. The molecular formula is C24H17FN4O3. The first-order valence-electron chi connectivity index (χ1n) is 9.69. The monoisotopic (exact) mass is 428 g/mol. The Balaban J connectivity index is 1.49. The Kier molecular flexibility index (Phi) is 5.64. The molecule has 0 saturated heterocycles. The molecule has 3 aromatic rings. The second-order valence-electron chi connectivity index (χ2n) is 7.09. The number of nitrogens with zero attached hydrogens (tertiary/aromatic N) is 3. The second-order valence-corrected chi connectivity index (χ2v) is 7.09. The van der Waals surface area contributed by atoms with Crippen LogP contribution < -0.4 is 15.5 Å². The van der Waals surface area contributed by atoms with E-state index in [2.05, 4.69) is 11.2 Å². The smallest absolute Gasteiger partial charge is 0.359 e. The first-order chi connectivity index (χ1) is 15.4. The number of halogens is 1. The van der Waals surface area contributed by atoms with Gasteiger partial charge in [0, 0.05) is 6.42 Å². The summed E-state index contributed by atoms with van der Waals surface area (Å²) < 4.78 is 18.6. The average Bonchev–Trinajstić information content (AvgIpc) is 3.26. The first-order valence-corrected chi connectivity index (χ1v) is 9.69. The molecule has 0 bridgehead atoms. The molecule has 0 aliphatic carbocycles. The van der Waals surface area contributed by atoms with Crippen molar-refractivity contribution in [3.8, 4) is 22.9 Å². The normalized spacial score (nSPS) is 15.1. The van der Waals surface area contributed by atoms with Crippen molar-refractivity contribution in [1.82, 2.24) is 0 Å².